The van der Waals surface area contributed by atoms with Crippen LogP contribution < -0.4 is 0 Å². The van der Waals surface area contributed by atoms with Gasteiger partial charge in [0.15, 0.2) is 5.58 Å². The standard InChI is InChI=1S/C24H20N2O/c1-16-6-2-3-7-19(16)21-15-14-20(25-21)17-10-12-18(13-11-17)24-26-22-8-4-5-9-23(22)27-24/h2-13,20H,14-15H2,1H3. The van der Waals surface area contributed by atoms with Crippen LogP contribution in [0.2, 0.25) is 0 Å². The summed E-state index contributed by atoms with van der Waals surface area (Å²) in [6, 6.07) is 25.1. The molecule has 4 aromatic rings. The fourth-order valence-corrected chi connectivity index (χ4v) is 3.78. The molecule has 1 aliphatic rings. The molecule has 0 N–H and O–H groups in total. The summed E-state index contributed by atoms with van der Waals surface area (Å²) < 4.78 is 5.87. The molecule has 0 saturated carbocycles. The van der Waals surface area contributed by atoms with Crippen molar-refractivity contribution in [3.8, 4) is 11.5 Å². The van der Waals surface area contributed by atoms with Crippen LogP contribution in [0.5, 0.6) is 0 Å². The Bertz CT molecular complexity index is 1110. The van der Waals surface area contributed by atoms with Gasteiger partial charge in [0.25, 0.3) is 0 Å². The third kappa shape index (κ3) is 2.95. The minimum absolute atomic E-state index is 0.234. The van der Waals surface area contributed by atoms with Crippen molar-refractivity contribution in [1.29, 1.82) is 0 Å². The number of nitrogens with zero attached hydrogens (tertiary/aromatic N) is 2. The molecular weight excluding hydrogens is 332 g/mol. The molecule has 3 aromatic carbocycles. The first-order valence-electron chi connectivity index (χ1n) is 9.36. The Labute approximate surface area is 158 Å². The number of para-hydroxylation sites is 2. The lowest BCUT2D eigenvalue weighted by atomic mass is 10.00. The van der Waals surface area contributed by atoms with Gasteiger partial charge in [0.1, 0.15) is 5.52 Å². The SMILES string of the molecule is Cc1ccccc1C1=NC(c2ccc(-c3nc4ccccc4o3)cc2)CC1. The highest BCUT2D eigenvalue weighted by Crippen LogP contribution is 2.33. The number of hydrogen-bond acceptors (Lipinski definition) is 3. The summed E-state index contributed by atoms with van der Waals surface area (Å²) >= 11 is 0. The second kappa shape index (κ2) is 6.51. The number of fused-ring (bicyclic) bond motifs is 1. The minimum atomic E-state index is 0.234. The lowest BCUT2D eigenvalue weighted by Gasteiger charge is -2.07. The van der Waals surface area contributed by atoms with Gasteiger partial charge in [-0.1, -0.05) is 48.5 Å². The van der Waals surface area contributed by atoms with Crippen LogP contribution in [-0.4, -0.2) is 10.7 Å². The molecule has 1 aromatic heterocycles. The van der Waals surface area contributed by atoms with Gasteiger partial charge in [-0.25, -0.2) is 4.98 Å². The third-order valence-electron chi connectivity index (χ3n) is 5.26. The molecule has 0 spiro atoms. The second-order valence-electron chi connectivity index (χ2n) is 7.05. The van der Waals surface area contributed by atoms with Crippen molar-refractivity contribution in [3.05, 3.63) is 89.5 Å². The molecule has 0 saturated heterocycles. The molecule has 1 unspecified atom stereocenters. The summed E-state index contributed by atoms with van der Waals surface area (Å²) in [6.45, 7) is 2.15. The monoisotopic (exact) mass is 352 g/mol. The smallest absolute Gasteiger partial charge is 0.227 e. The van der Waals surface area contributed by atoms with E-state index in [9.17, 15) is 0 Å². The molecule has 5 rings (SSSR count). The Morgan fingerprint density at radius 3 is 2.48 bits per heavy atom. The quantitative estimate of drug-likeness (QED) is 0.445. The first kappa shape index (κ1) is 16.0. The number of aliphatic imine (C=N–C) groups is 1. The van der Waals surface area contributed by atoms with Gasteiger partial charge in [0.05, 0.1) is 6.04 Å². The molecule has 0 radical (unpaired) electrons. The van der Waals surface area contributed by atoms with Gasteiger partial charge in [-0.3, -0.25) is 4.99 Å². The summed E-state index contributed by atoms with van der Waals surface area (Å²) in [6.07, 6.45) is 2.09. The lowest BCUT2D eigenvalue weighted by molar-refractivity contribution is 0.619. The average molecular weight is 352 g/mol. The largest absolute Gasteiger partial charge is 0.436 e. The highest BCUT2D eigenvalue weighted by molar-refractivity contribution is 6.02. The van der Waals surface area contributed by atoms with Crippen LogP contribution in [0, 0.1) is 6.92 Å². The molecule has 0 aliphatic carbocycles. The number of hydrogen-bond donors (Lipinski definition) is 0. The predicted octanol–water partition coefficient (Wildman–Crippen LogP) is 6.13. The molecule has 132 valence electrons. The molecule has 1 aliphatic heterocycles. The van der Waals surface area contributed by atoms with Gasteiger partial charge in [-0.15, -0.1) is 0 Å². The maximum Gasteiger partial charge on any atom is 0.227 e. The van der Waals surface area contributed by atoms with Crippen molar-refractivity contribution in [3.63, 3.8) is 0 Å². The van der Waals surface area contributed by atoms with Gasteiger partial charge in [-0.2, -0.15) is 0 Å². The van der Waals surface area contributed by atoms with Crippen molar-refractivity contribution in [1.82, 2.24) is 4.98 Å². The Balaban J connectivity index is 1.41. The van der Waals surface area contributed by atoms with Crippen molar-refractivity contribution in [2.75, 3.05) is 0 Å². The number of aryl methyl sites for hydroxylation is 1. The van der Waals surface area contributed by atoms with Crippen LogP contribution in [0.1, 0.15) is 35.6 Å². The minimum Gasteiger partial charge on any atom is -0.436 e. The van der Waals surface area contributed by atoms with Crippen molar-refractivity contribution in [2.24, 2.45) is 4.99 Å². The summed E-state index contributed by atoms with van der Waals surface area (Å²) in [4.78, 5) is 9.58. The summed E-state index contributed by atoms with van der Waals surface area (Å²) in [5.41, 5.74) is 7.75. The summed E-state index contributed by atoms with van der Waals surface area (Å²) in [5.74, 6) is 0.665. The molecular formula is C24H20N2O. The van der Waals surface area contributed by atoms with Crippen molar-refractivity contribution >= 4 is 16.8 Å². The first-order chi connectivity index (χ1) is 13.3. The van der Waals surface area contributed by atoms with Crippen molar-refractivity contribution < 1.29 is 4.42 Å². The van der Waals surface area contributed by atoms with Crippen LogP contribution in [-0.2, 0) is 0 Å². The zero-order chi connectivity index (χ0) is 18.2. The van der Waals surface area contributed by atoms with E-state index in [1.54, 1.807) is 0 Å². The zero-order valence-corrected chi connectivity index (χ0v) is 15.2. The van der Waals surface area contributed by atoms with Crippen LogP contribution in [0.4, 0.5) is 0 Å². The fourth-order valence-electron chi connectivity index (χ4n) is 3.78. The van der Waals surface area contributed by atoms with E-state index in [2.05, 4.69) is 60.4 Å². The maximum absolute atomic E-state index is 5.87. The Hall–Kier alpha value is -3.20. The first-order valence-corrected chi connectivity index (χ1v) is 9.36. The third-order valence-corrected chi connectivity index (χ3v) is 5.26. The average Bonchev–Trinajstić information content (AvgIpc) is 3.36. The van der Waals surface area contributed by atoms with E-state index in [1.165, 1.54) is 22.4 Å². The van der Waals surface area contributed by atoms with Crippen molar-refractivity contribution in [2.45, 2.75) is 25.8 Å². The predicted molar refractivity (Wildman–Crippen MR) is 109 cm³/mol. The molecule has 27 heavy (non-hydrogen) atoms. The van der Waals surface area contributed by atoms with Crippen LogP contribution in [0.25, 0.3) is 22.6 Å². The van der Waals surface area contributed by atoms with Gasteiger partial charge in [-0.05, 0) is 60.7 Å². The fraction of sp³-hybridized carbons (Fsp3) is 0.167. The van der Waals surface area contributed by atoms with Gasteiger partial charge in [0, 0.05) is 11.3 Å². The van der Waals surface area contributed by atoms with Gasteiger partial charge in [0.2, 0.25) is 5.89 Å². The Morgan fingerprint density at radius 1 is 0.889 bits per heavy atom. The topological polar surface area (TPSA) is 38.4 Å². The zero-order valence-electron chi connectivity index (χ0n) is 15.2. The molecule has 2 heterocycles. The van der Waals surface area contributed by atoms with E-state index in [0.717, 1.165) is 29.5 Å². The van der Waals surface area contributed by atoms with Crippen LogP contribution >= 0.6 is 0 Å². The van der Waals surface area contributed by atoms with Gasteiger partial charge >= 0.3 is 0 Å². The highest BCUT2D eigenvalue weighted by atomic mass is 16.3. The molecule has 0 bridgehead atoms. The number of benzene rings is 3. The van der Waals surface area contributed by atoms with E-state index < -0.39 is 0 Å². The van der Waals surface area contributed by atoms with Crippen LogP contribution in [0.15, 0.2) is 82.2 Å². The molecule has 0 amide bonds. The Morgan fingerprint density at radius 2 is 1.67 bits per heavy atom. The van der Waals surface area contributed by atoms with E-state index in [0.29, 0.717) is 5.89 Å². The highest BCUT2D eigenvalue weighted by Gasteiger charge is 2.21. The molecule has 3 nitrogen and oxygen atoms in total. The van der Waals surface area contributed by atoms with Gasteiger partial charge < -0.3 is 4.42 Å². The van der Waals surface area contributed by atoms with E-state index in [-0.39, 0.29) is 6.04 Å². The second-order valence-corrected chi connectivity index (χ2v) is 7.05. The number of oxazole rings is 1. The van der Waals surface area contributed by atoms with E-state index >= 15 is 0 Å². The molecule has 1 atom stereocenters. The lowest BCUT2D eigenvalue weighted by Crippen LogP contribution is -1.98. The molecule has 0 fully saturated rings. The normalized spacial score (nSPS) is 16.6. The van der Waals surface area contributed by atoms with Crippen LogP contribution in [0.3, 0.4) is 0 Å². The summed E-state index contributed by atoms with van der Waals surface area (Å²) in [5, 5.41) is 0. The van der Waals surface area contributed by atoms with E-state index in [4.69, 9.17) is 9.41 Å². The Kier molecular flexibility index (Phi) is 3.86. The molecule has 3 heteroatoms. The number of rotatable bonds is 3. The summed E-state index contributed by atoms with van der Waals surface area (Å²) in [7, 11) is 0. The number of aromatic nitrogens is 1. The van der Waals surface area contributed by atoms with E-state index in [1.807, 2.05) is 24.3 Å². The maximum atomic E-state index is 5.87.